The van der Waals surface area contributed by atoms with Gasteiger partial charge in [-0.05, 0) is 34.2 Å². The molecule has 0 saturated carbocycles. The van der Waals surface area contributed by atoms with Crippen LogP contribution >= 0.6 is 0 Å². The molecule has 1 aliphatic rings. The van der Waals surface area contributed by atoms with E-state index in [9.17, 15) is 0 Å². The van der Waals surface area contributed by atoms with Gasteiger partial charge < -0.3 is 14.8 Å². The SMILES string of the molecule is c1ccc(-n2nnnc2NCc2ccnc(OC3CCOC3)c2)cc1. The number of pyridine rings is 1. The van der Waals surface area contributed by atoms with Gasteiger partial charge in [0.25, 0.3) is 0 Å². The van der Waals surface area contributed by atoms with E-state index in [1.165, 1.54) is 0 Å². The minimum Gasteiger partial charge on any atom is -0.472 e. The Kier molecular flexibility index (Phi) is 4.51. The summed E-state index contributed by atoms with van der Waals surface area (Å²) in [6.07, 6.45) is 2.72. The topological polar surface area (TPSA) is 87.0 Å². The second-order valence-corrected chi connectivity index (χ2v) is 5.71. The van der Waals surface area contributed by atoms with Crippen LogP contribution in [0.4, 0.5) is 5.95 Å². The largest absolute Gasteiger partial charge is 0.472 e. The Morgan fingerprint density at radius 2 is 2.16 bits per heavy atom. The molecular formula is C17H18N6O2. The van der Waals surface area contributed by atoms with E-state index in [2.05, 4.69) is 25.8 Å². The monoisotopic (exact) mass is 338 g/mol. The highest BCUT2D eigenvalue weighted by Gasteiger charge is 2.17. The number of aromatic nitrogens is 5. The minimum atomic E-state index is 0.0843. The summed E-state index contributed by atoms with van der Waals surface area (Å²) < 4.78 is 12.8. The lowest BCUT2D eigenvalue weighted by atomic mass is 10.2. The summed E-state index contributed by atoms with van der Waals surface area (Å²) in [6.45, 7) is 1.93. The Balaban J connectivity index is 1.43. The van der Waals surface area contributed by atoms with Crippen molar-refractivity contribution in [2.24, 2.45) is 0 Å². The lowest BCUT2D eigenvalue weighted by Gasteiger charge is -2.12. The molecule has 128 valence electrons. The molecule has 1 fully saturated rings. The van der Waals surface area contributed by atoms with Crippen LogP contribution in [0, 0.1) is 0 Å². The molecule has 4 rings (SSSR count). The van der Waals surface area contributed by atoms with E-state index in [1.54, 1.807) is 10.9 Å². The molecule has 0 amide bonds. The molecule has 1 aliphatic heterocycles. The highest BCUT2D eigenvalue weighted by molar-refractivity contribution is 5.39. The number of nitrogens with one attached hydrogen (secondary N) is 1. The number of hydrogen-bond donors (Lipinski definition) is 1. The quantitative estimate of drug-likeness (QED) is 0.734. The molecule has 0 spiro atoms. The number of tetrazole rings is 1. The van der Waals surface area contributed by atoms with E-state index in [1.807, 2.05) is 42.5 Å². The second kappa shape index (κ2) is 7.27. The smallest absolute Gasteiger partial charge is 0.248 e. The van der Waals surface area contributed by atoms with E-state index in [-0.39, 0.29) is 6.10 Å². The predicted molar refractivity (Wildman–Crippen MR) is 90.6 cm³/mol. The molecule has 1 unspecified atom stereocenters. The third-order valence-corrected chi connectivity index (χ3v) is 3.90. The van der Waals surface area contributed by atoms with Crippen LogP contribution in [-0.2, 0) is 11.3 Å². The van der Waals surface area contributed by atoms with Crippen LogP contribution in [0.3, 0.4) is 0 Å². The van der Waals surface area contributed by atoms with Crippen molar-refractivity contribution in [3.05, 3.63) is 54.2 Å². The van der Waals surface area contributed by atoms with Crippen LogP contribution in [0.2, 0.25) is 0 Å². The number of rotatable bonds is 6. The molecule has 1 N–H and O–H groups in total. The number of nitrogens with zero attached hydrogens (tertiary/aromatic N) is 5. The van der Waals surface area contributed by atoms with Crippen LogP contribution < -0.4 is 10.1 Å². The molecule has 1 atom stereocenters. The second-order valence-electron chi connectivity index (χ2n) is 5.71. The van der Waals surface area contributed by atoms with Gasteiger partial charge in [-0.25, -0.2) is 4.98 Å². The maximum absolute atomic E-state index is 5.84. The zero-order chi connectivity index (χ0) is 16.9. The lowest BCUT2D eigenvalue weighted by Crippen LogP contribution is -2.16. The molecule has 1 aromatic carbocycles. The van der Waals surface area contributed by atoms with E-state index in [0.717, 1.165) is 24.3 Å². The number of para-hydroxylation sites is 1. The van der Waals surface area contributed by atoms with Gasteiger partial charge in [-0.2, -0.15) is 4.68 Å². The standard InChI is InChI=1S/C17H18N6O2/c1-2-4-14(5-3-1)23-17(20-21-22-23)19-11-13-6-8-18-16(10-13)25-15-7-9-24-12-15/h1-6,8,10,15H,7,9,11-12H2,(H,19,20,22). The summed E-state index contributed by atoms with van der Waals surface area (Å²) in [7, 11) is 0. The zero-order valence-electron chi connectivity index (χ0n) is 13.6. The van der Waals surface area contributed by atoms with Crippen molar-refractivity contribution in [2.45, 2.75) is 19.1 Å². The van der Waals surface area contributed by atoms with Crippen LogP contribution in [0.5, 0.6) is 5.88 Å². The van der Waals surface area contributed by atoms with Crippen molar-refractivity contribution >= 4 is 5.95 Å². The van der Waals surface area contributed by atoms with Gasteiger partial charge in [0.05, 0.1) is 18.9 Å². The summed E-state index contributed by atoms with van der Waals surface area (Å²) in [5.74, 6) is 1.19. The maximum atomic E-state index is 5.84. The Morgan fingerprint density at radius 1 is 1.24 bits per heavy atom. The van der Waals surface area contributed by atoms with Crippen LogP contribution in [0.25, 0.3) is 5.69 Å². The number of ether oxygens (including phenoxy) is 2. The first-order valence-corrected chi connectivity index (χ1v) is 8.15. The van der Waals surface area contributed by atoms with E-state index in [4.69, 9.17) is 9.47 Å². The molecule has 3 aromatic rings. The van der Waals surface area contributed by atoms with Crippen molar-refractivity contribution in [1.29, 1.82) is 0 Å². The van der Waals surface area contributed by atoms with E-state index in [0.29, 0.717) is 25.0 Å². The molecule has 0 aliphatic carbocycles. The Hall–Kier alpha value is -3.00. The fraction of sp³-hybridized carbons (Fsp3) is 0.294. The molecule has 8 nitrogen and oxygen atoms in total. The molecular weight excluding hydrogens is 320 g/mol. The first-order valence-electron chi connectivity index (χ1n) is 8.15. The van der Waals surface area contributed by atoms with Gasteiger partial charge in [0.1, 0.15) is 6.10 Å². The molecule has 8 heteroatoms. The minimum absolute atomic E-state index is 0.0843. The van der Waals surface area contributed by atoms with Gasteiger partial charge in [0.15, 0.2) is 0 Å². The van der Waals surface area contributed by atoms with Gasteiger partial charge >= 0.3 is 0 Å². The van der Waals surface area contributed by atoms with Crippen LogP contribution in [0.15, 0.2) is 48.7 Å². The molecule has 0 bridgehead atoms. The first kappa shape index (κ1) is 15.5. The highest BCUT2D eigenvalue weighted by Crippen LogP contribution is 2.17. The van der Waals surface area contributed by atoms with Gasteiger partial charge in [0.2, 0.25) is 11.8 Å². The number of hydrogen-bond acceptors (Lipinski definition) is 7. The van der Waals surface area contributed by atoms with Gasteiger partial charge in [0, 0.05) is 25.2 Å². The summed E-state index contributed by atoms with van der Waals surface area (Å²) in [5.41, 5.74) is 1.93. The average molecular weight is 338 g/mol. The van der Waals surface area contributed by atoms with Crippen molar-refractivity contribution in [1.82, 2.24) is 25.2 Å². The Bertz CT molecular complexity index is 817. The van der Waals surface area contributed by atoms with Crippen LogP contribution in [0.1, 0.15) is 12.0 Å². The first-order chi connectivity index (χ1) is 12.4. The normalized spacial score (nSPS) is 16.7. The van der Waals surface area contributed by atoms with E-state index >= 15 is 0 Å². The summed E-state index contributed by atoms with van der Waals surface area (Å²) in [6, 6.07) is 13.6. The summed E-state index contributed by atoms with van der Waals surface area (Å²) >= 11 is 0. The third kappa shape index (κ3) is 3.74. The van der Waals surface area contributed by atoms with Crippen molar-refractivity contribution in [3.8, 4) is 11.6 Å². The number of anilines is 1. The summed E-state index contributed by atoms with van der Waals surface area (Å²) in [5, 5.41) is 15.1. The van der Waals surface area contributed by atoms with Crippen molar-refractivity contribution in [2.75, 3.05) is 18.5 Å². The molecule has 2 aromatic heterocycles. The third-order valence-electron chi connectivity index (χ3n) is 3.90. The van der Waals surface area contributed by atoms with Gasteiger partial charge in [-0.3, -0.25) is 0 Å². The molecule has 0 radical (unpaired) electrons. The van der Waals surface area contributed by atoms with Crippen molar-refractivity contribution < 1.29 is 9.47 Å². The molecule has 1 saturated heterocycles. The van der Waals surface area contributed by atoms with Gasteiger partial charge in [-0.1, -0.05) is 23.3 Å². The summed E-state index contributed by atoms with van der Waals surface area (Å²) in [4.78, 5) is 4.26. The van der Waals surface area contributed by atoms with E-state index < -0.39 is 0 Å². The van der Waals surface area contributed by atoms with Crippen molar-refractivity contribution in [3.63, 3.8) is 0 Å². The Labute approximate surface area is 144 Å². The Morgan fingerprint density at radius 3 is 3.00 bits per heavy atom. The predicted octanol–water partition coefficient (Wildman–Crippen LogP) is 1.84. The highest BCUT2D eigenvalue weighted by atomic mass is 16.5. The van der Waals surface area contributed by atoms with Crippen LogP contribution in [-0.4, -0.2) is 44.5 Å². The average Bonchev–Trinajstić information content (AvgIpc) is 3.33. The molecule has 25 heavy (non-hydrogen) atoms. The lowest BCUT2D eigenvalue weighted by molar-refractivity contribution is 0.138. The zero-order valence-corrected chi connectivity index (χ0v) is 13.6. The number of benzene rings is 1. The fourth-order valence-corrected chi connectivity index (χ4v) is 2.62. The maximum Gasteiger partial charge on any atom is 0.248 e. The fourth-order valence-electron chi connectivity index (χ4n) is 2.62. The van der Waals surface area contributed by atoms with Gasteiger partial charge in [-0.15, -0.1) is 0 Å². The molecule has 3 heterocycles.